The number of halogens is 1. The lowest BCUT2D eigenvalue weighted by Gasteiger charge is -2.19. The number of aromatic nitrogens is 2. The van der Waals surface area contributed by atoms with Gasteiger partial charge in [-0.2, -0.15) is 0 Å². The van der Waals surface area contributed by atoms with E-state index >= 15 is 0 Å². The van der Waals surface area contributed by atoms with E-state index in [2.05, 4.69) is 29.1 Å². The van der Waals surface area contributed by atoms with Crippen LogP contribution in [0.25, 0.3) is 0 Å². The number of nitrogens with zero attached hydrogens (tertiary/aromatic N) is 2. The first kappa shape index (κ1) is 14.2. The molecule has 0 saturated carbocycles. The summed E-state index contributed by atoms with van der Waals surface area (Å²) < 4.78 is 0. The molecule has 0 bridgehead atoms. The molecule has 0 aromatic carbocycles. The Morgan fingerprint density at radius 1 is 1.24 bits per heavy atom. The summed E-state index contributed by atoms with van der Waals surface area (Å²) in [7, 11) is 0. The molecule has 0 aliphatic heterocycles. The first-order valence-corrected chi connectivity index (χ1v) is 6.70. The maximum absolute atomic E-state index is 6.37. The van der Waals surface area contributed by atoms with Crippen LogP contribution in [-0.4, -0.2) is 21.9 Å². The second-order valence-corrected chi connectivity index (χ2v) is 4.98. The van der Waals surface area contributed by atoms with Crippen molar-refractivity contribution in [2.45, 2.75) is 45.9 Å². The molecule has 0 aliphatic carbocycles. The summed E-state index contributed by atoms with van der Waals surface area (Å²) in [6.07, 6.45) is 2.24. The summed E-state index contributed by atoms with van der Waals surface area (Å²) in [4.78, 5) is 8.58. The second kappa shape index (κ2) is 6.80. The van der Waals surface area contributed by atoms with Gasteiger partial charge in [-0.15, -0.1) is 11.6 Å². The minimum atomic E-state index is 0.153. The van der Waals surface area contributed by atoms with Crippen LogP contribution in [0.15, 0.2) is 6.07 Å². The molecule has 0 amide bonds. The Bertz CT molecular complexity index is 330. The number of rotatable bonds is 6. The number of aryl methyl sites for hydroxylation is 2. The molecule has 0 saturated heterocycles. The first-order valence-electron chi connectivity index (χ1n) is 6.27. The highest BCUT2D eigenvalue weighted by atomic mass is 35.5. The Morgan fingerprint density at radius 3 is 2.41 bits per heavy atom. The smallest absolute Gasteiger partial charge is 0.129 e. The molecular formula is C13H22ClN3. The van der Waals surface area contributed by atoms with E-state index in [0.29, 0.717) is 5.92 Å². The highest BCUT2D eigenvalue weighted by molar-refractivity contribution is 6.21. The third-order valence-corrected chi connectivity index (χ3v) is 3.52. The third kappa shape index (κ3) is 4.50. The average Bonchev–Trinajstić information content (AvgIpc) is 2.27. The molecule has 4 heteroatoms. The van der Waals surface area contributed by atoms with Crippen molar-refractivity contribution in [2.24, 2.45) is 5.92 Å². The van der Waals surface area contributed by atoms with Crippen LogP contribution in [0.1, 0.15) is 38.2 Å². The highest BCUT2D eigenvalue weighted by Gasteiger charge is 2.15. The van der Waals surface area contributed by atoms with Crippen LogP contribution in [0, 0.1) is 19.8 Å². The van der Waals surface area contributed by atoms with E-state index in [-0.39, 0.29) is 5.38 Å². The molecule has 96 valence electrons. The molecule has 0 aliphatic rings. The Labute approximate surface area is 109 Å². The fraction of sp³-hybridized carbons (Fsp3) is 0.692. The first-order chi connectivity index (χ1) is 8.06. The lowest BCUT2D eigenvalue weighted by molar-refractivity contribution is 0.475. The van der Waals surface area contributed by atoms with Crippen molar-refractivity contribution in [3.63, 3.8) is 0 Å². The SMILES string of the molecule is CCC(CC)C(Cl)CNc1cc(C)nc(C)n1. The van der Waals surface area contributed by atoms with Gasteiger partial charge in [-0.1, -0.05) is 26.7 Å². The van der Waals surface area contributed by atoms with Gasteiger partial charge in [-0.3, -0.25) is 0 Å². The molecule has 0 fully saturated rings. The number of alkyl halides is 1. The van der Waals surface area contributed by atoms with Gasteiger partial charge in [0.1, 0.15) is 11.6 Å². The van der Waals surface area contributed by atoms with E-state index in [4.69, 9.17) is 11.6 Å². The summed E-state index contributed by atoms with van der Waals surface area (Å²) in [6, 6.07) is 1.95. The van der Waals surface area contributed by atoms with Gasteiger partial charge < -0.3 is 5.32 Å². The maximum atomic E-state index is 6.37. The number of anilines is 1. The molecule has 1 aromatic heterocycles. The molecule has 1 aromatic rings. The number of hydrogen-bond donors (Lipinski definition) is 1. The van der Waals surface area contributed by atoms with E-state index < -0.39 is 0 Å². The van der Waals surface area contributed by atoms with Gasteiger partial charge >= 0.3 is 0 Å². The predicted octanol–water partition coefficient (Wildman–Crippen LogP) is 3.55. The fourth-order valence-electron chi connectivity index (χ4n) is 1.98. The highest BCUT2D eigenvalue weighted by Crippen LogP contribution is 2.19. The van der Waals surface area contributed by atoms with Crippen molar-refractivity contribution in [1.29, 1.82) is 0 Å². The van der Waals surface area contributed by atoms with Gasteiger partial charge in [0.05, 0.1) is 5.38 Å². The largest absolute Gasteiger partial charge is 0.368 e. The lowest BCUT2D eigenvalue weighted by Crippen LogP contribution is -2.23. The van der Waals surface area contributed by atoms with Crippen molar-refractivity contribution in [3.8, 4) is 0 Å². The van der Waals surface area contributed by atoms with Crippen molar-refractivity contribution in [3.05, 3.63) is 17.6 Å². The van der Waals surface area contributed by atoms with Crippen molar-refractivity contribution in [1.82, 2.24) is 9.97 Å². The van der Waals surface area contributed by atoms with Crippen molar-refractivity contribution < 1.29 is 0 Å². The molecule has 17 heavy (non-hydrogen) atoms. The summed E-state index contributed by atoms with van der Waals surface area (Å²) in [5.41, 5.74) is 0.980. The Hall–Kier alpha value is -0.830. The fourth-order valence-corrected chi connectivity index (χ4v) is 2.41. The van der Waals surface area contributed by atoms with Gasteiger partial charge in [-0.25, -0.2) is 9.97 Å². The zero-order chi connectivity index (χ0) is 12.8. The Balaban J connectivity index is 2.55. The zero-order valence-electron chi connectivity index (χ0n) is 11.1. The van der Waals surface area contributed by atoms with E-state index in [1.54, 1.807) is 0 Å². The van der Waals surface area contributed by atoms with Crippen LogP contribution in [0.3, 0.4) is 0 Å². The standard InChI is InChI=1S/C13H22ClN3/c1-5-11(6-2)12(14)8-15-13-7-9(3)16-10(4)17-13/h7,11-12H,5-6,8H2,1-4H3,(H,15,16,17). The lowest BCUT2D eigenvalue weighted by atomic mass is 9.99. The van der Waals surface area contributed by atoms with Gasteiger partial charge in [0.25, 0.3) is 0 Å². The van der Waals surface area contributed by atoms with E-state index in [1.807, 2.05) is 19.9 Å². The van der Waals surface area contributed by atoms with E-state index in [1.165, 1.54) is 0 Å². The minimum absolute atomic E-state index is 0.153. The minimum Gasteiger partial charge on any atom is -0.368 e. The molecule has 3 nitrogen and oxygen atoms in total. The average molecular weight is 256 g/mol. The molecule has 0 radical (unpaired) electrons. The number of nitrogens with one attached hydrogen (secondary N) is 1. The Kier molecular flexibility index (Phi) is 5.69. The van der Waals surface area contributed by atoms with Crippen molar-refractivity contribution in [2.75, 3.05) is 11.9 Å². The van der Waals surface area contributed by atoms with Crippen LogP contribution >= 0.6 is 11.6 Å². The second-order valence-electron chi connectivity index (χ2n) is 4.42. The Morgan fingerprint density at radius 2 is 1.88 bits per heavy atom. The molecule has 0 spiro atoms. The third-order valence-electron chi connectivity index (χ3n) is 3.00. The molecular weight excluding hydrogens is 234 g/mol. The van der Waals surface area contributed by atoms with Gasteiger partial charge in [0, 0.05) is 18.3 Å². The predicted molar refractivity (Wildman–Crippen MR) is 73.7 cm³/mol. The number of hydrogen-bond acceptors (Lipinski definition) is 3. The van der Waals surface area contributed by atoms with Crippen LogP contribution in [0.4, 0.5) is 5.82 Å². The molecule has 1 N–H and O–H groups in total. The van der Waals surface area contributed by atoms with Crippen molar-refractivity contribution >= 4 is 17.4 Å². The quantitative estimate of drug-likeness (QED) is 0.790. The molecule has 1 rings (SSSR count). The topological polar surface area (TPSA) is 37.8 Å². The van der Waals surface area contributed by atoms with Crippen LogP contribution < -0.4 is 5.32 Å². The maximum Gasteiger partial charge on any atom is 0.129 e. The van der Waals surface area contributed by atoms with Gasteiger partial charge in [0.2, 0.25) is 0 Å². The summed E-state index contributed by atoms with van der Waals surface area (Å²) in [6.45, 7) is 8.99. The summed E-state index contributed by atoms with van der Waals surface area (Å²) >= 11 is 6.37. The molecule has 1 heterocycles. The molecule has 1 unspecified atom stereocenters. The van der Waals surface area contributed by atoms with E-state index in [0.717, 1.165) is 36.7 Å². The summed E-state index contributed by atoms with van der Waals surface area (Å²) in [5.74, 6) is 2.22. The van der Waals surface area contributed by atoms with Crippen LogP contribution in [0.5, 0.6) is 0 Å². The van der Waals surface area contributed by atoms with Crippen LogP contribution in [0.2, 0.25) is 0 Å². The molecule has 1 atom stereocenters. The normalized spacial score (nSPS) is 12.8. The summed E-state index contributed by atoms with van der Waals surface area (Å²) in [5, 5.41) is 3.45. The van der Waals surface area contributed by atoms with E-state index in [9.17, 15) is 0 Å². The van der Waals surface area contributed by atoms with Gasteiger partial charge in [-0.05, 0) is 19.8 Å². The van der Waals surface area contributed by atoms with Crippen LogP contribution in [-0.2, 0) is 0 Å². The zero-order valence-corrected chi connectivity index (χ0v) is 11.9. The van der Waals surface area contributed by atoms with Gasteiger partial charge in [0.15, 0.2) is 0 Å². The monoisotopic (exact) mass is 255 g/mol.